The zero-order chi connectivity index (χ0) is 11.6. The standard InChI is InChI=1S/C8H5BrClF2NO2/c9-6-3(1-5(14)15)7(10)13-2-4(6)8(11)12/h2,8H,1H2,(H,14,15). The van der Waals surface area contributed by atoms with E-state index in [9.17, 15) is 13.6 Å². The molecule has 0 spiro atoms. The Morgan fingerprint density at radius 1 is 1.67 bits per heavy atom. The maximum atomic E-state index is 12.4. The lowest BCUT2D eigenvalue weighted by Gasteiger charge is -2.08. The van der Waals surface area contributed by atoms with Crippen molar-refractivity contribution in [3.63, 3.8) is 0 Å². The molecule has 0 radical (unpaired) electrons. The largest absolute Gasteiger partial charge is 0.481 e. The lowest BCUT2D eigenvalue weighted by atomic mass is 10.1. The van der Waals surface area contributed by atoms with Gasteiger partial charge in [-0.15, -0.1) is 0 Å². The third-order valence-corrected chi connectivity index (χ3v) is 2.91. The van der Waals surface area contributed by atoms with Crippen LogP contribution < -0.4 is 0 Å². The Bertz CT molecular complexity index is 400. The minimum atomic E-state index is -2.73. The van der Waals surface area contributed by atoms with Crippen LogP contribution in [-0.2, 0) is 11.2 Å². The number of hydrogen-bond donors (Lipinski definition) is 1. The van der Waals surface area contributed by atoms with E-state index in [1.807, 2.05) is 0 Å². The summed E-state index contributed by atoms with van der Waals surface area (Å²) in [7, 11) is 0. The molecule has 0 aliphatic carbocycles. The molecule has 0 aromatic carbocycles. The van der Waals surface area contributed by atoms with Gasteiger partial charge in [-0.05, 0) is 15.9 Å². The van der Waals surface area contributed by atoms with Crippen molar-refractivity contribution in [2.24, 2.45) is 0 Å². The molecule has 0 fully saturated rings. The van der Waals surface area contributed by atoms with Crippen LogP contribution in [0.25, 0.3) is 0 Å². The second-order valence-corrected chi connectivity index (χ2v) is 3.82. The van der Waals surface area contributed by atoms with Crippen LogP contribution in [0.5, 0.6) is 0 Å². The summed E-state index contributed by atoms with van der Waals surface area (Å²) in [5, 5.41) is 8.46. The van der Waals surface area contributed by atoms with Gasteiger partial charge in [-0.25, -0.2) is 13.8 Å². The maximum absolute atomic E-state index is 12.4. The second-order valence-electron chi connectivity index (χ2n) is 2.67. The summed E-state index contributed by atoms with van der Waals surface area (Å²) in [6, 6.07) is 0. The first-order valence-electron chi connectivity index (χ1n) is 3.76. The molecule has 0 unspecified atom stereocenters. The molecule has 1 heterocycles. The molecule has 1 aromatic heterocycles. The van der Waals surface area contributed by atoms with Crippen LogP contribution >= 0.6 is 27.5 Å². The SMILES string of the molecule is O=C(O)Cc1c(Cl)ncc(C(F)F)c1Br. The monoisotopic (exact) mass is 299 g/mol. The number of carboxylic acids is 1. The number of hydrogen-bond acceptors (Lipinski definition) is 2. The third-order valence-electron chi connectivity index (χ3n) is 1.65. The lowest BCUT2D eigenvalue weighted by molar-refractivity contribution is -0.136. The predicted molar refractivity (Wildman–Crippen MR) is 53.2 cm³/mol. The van der Waals surface area contributed by atoms with Crippen LogP contribution in [0.2, 0.25) is 5.15 Å². The van der Waals surface area contributed by atoms with Gasteiger partial charge < -0.3 is 5.11 Å². The Morgan fingerprint density at radius 3 is 2.73 bits per heavy atom. The highest BCUT2D eigenvalue weighted by molar-refractivity contribution is 9.10. The highest BCUT2D eigenvalue weighted by Crippen LogP contribution is 2.32. The molecule has 0 saturated heterocycles. The van der Waals surface area contributed by atoms with Gasteiger partial charge in [0.1, 0.15) is 5.15 Å². The molecule has 15 heavy (non-hydrogen) atoms. The van der Waals surface area contributed by atoms with Gasteiger partial charge in [-0.1, -0.05) is 11.6 Å². The summed E-state index contributed by atoms with van der Waals surface area (Å²) in [5.74, 6) is -1.16. The summed E-state index contributed by atoms with van der Waals surface area (Å²) >= 11 is 8.49. The molecule has 0 aliphatic heterocycles. The quantitative estimate of drug-likeness (QED) is 0.873. The number of alkyl halides is 2. The molecule has 0 amide bonds. The van der Waals surface area contributed by atoms with E-state index in [0.717, 1.165) is 6.20 Å². The number of rotatable bonds is 3. The molecule has 0 atom stereocenters. The molecule has 3 nitrogen and oxygen atoms in total. The van der Waals surface area contributed by atoms with E-state index in [1.54, 1.807) is 0 Å². The Labute approximate surface area is 97.2 Å². The van der Waals surface area contributed by atoms with E-state index in [2.05, 4.69) is 20.9 Å². The fourth-order valence-electron chi connectivity index (χ4n) is 0.979. The molecule has 0 aliphatic rings. The fraction of sp³-hybridized carbons (Fsp3) is 0.250. The van der Waals surface area contributed by atoms with E-state index in [1.165, 1.54) is 0 Å². The average molecular weight is 300 g/mol. The molecule has 7 heteroatoms. The van der Waals surface area contributed by atoms with Crippen molar-refractivity contribution >= 4 is 33.5 Å². The van der Waals surface area contributed by atoms with Gasteiger partial charge in [0.15, 0.2) is 0 Å². The van der Waals surface area contributed by atoms with E-state index >= 15 is 0 Å². The van der Waals surface area contributed by atoms with E-state index in [0.29, 0.717) is 0 Å². The molecular formula is C8H5BrClF2NO2. The first-order chi connectivity index (χ1) is 6.93. The summed E-state index contributed by atoms with van der Waals surface area (Å²) < 4.78 is 24.8. The number of carboxylic acid groups (broad SMARTS) is 1. The van der Waals surface area contributed by atoms with Crippen molar-refractivity contribution in [1.29, 1.82) is 0 Å². The van der Waals surface area contributed by atoms with E-state index in [4.69, 9.17) is 16.7 Å². The summed E-state index contributed by atoms with van der Waals surface area (Å²) in [6.45, 7) is 0. The second kappa shape index (κ2) is 4.85. The van der Waals surface area contributed by atoms with Gasteiger partial charge in [0.2, 0.25) is 0 Å². The van der Waals surface area contributed by atoms with Gasteiger partial charge in [-0.2, -0.15) is 0 Å². The number of nitrogens with zero attached hydrogens (tertiary/aromatic N) is 1. The molecule has 0 saturated carbocycles. The third kappa shape index (κ3) is 2.85. The average Bonchev–Trinajstić information content (AvgIpc) is 2.11. The molecule has 1 aromatic rings. The molecule has 1 N–H and O–H groups in total. The molecule has 1 rings (SSSR count). The normalized spacial score (nSPS) is 10.7. The number of aromatic nitrogens is 1. The first kappa shape index (κ1) is 12.3. The highest BCUT2D eigenvalue weighted by Gasteiger charge is 2.19. The van der Waals surface area contributed by atoms with Crippen molar-refractivity contribution in [3.8, 4) is 0 Å². The van der Waals surface area contributed by atoms with Crippen molar-refractivity contribution in [3.05, 3.63) is 26.9 Å². The Hall–Kier alpha value is -0.750. The van der Waals surface area contributed by atoms with Crippen LogP contribution in [0.1, 0.15) is 17.6 Å². The van der Waals surface area contributed by atoms with Gasteiger partial charge in [0, 0.05) is 16.2 Å². The number of halogens is 4. The predicted octanol–water partition coefficient (Wildman–Crippen LogP) is 3.06. The highest BCUT2D eigenvalue weighted by atomic mass is 79.9. The van der Waals surface area contributed by atoms with Crippen molar-refractivity contribution in [2.45, 2.75) is 12.8 Å². The van der Waals surface area contributed by atoms with E-state index < -0.39 is 18.8 Å². The summed E-state index contributed by atoms with van der Waals surface area (Å²) in [6.07, 6.45) is -2.26. The van der Waals surface area contributed by atoms with Crippen LogP contribution in [0.4, 0.5) is 8.78 Å². The van der Waals surface area contributed by atoms with E-state index in [-0.39, 0.29) is 20.8 Å². The summed E-state index contributed by atoms with van der Waals surface area (Å²) in [4.78, 5) is 14.0. The topological polar surface area (TPSA) is 50.2 Å². The summed E-state index contributed by atoms with van der Waals surface area (Å²) in [5.41, 5.74) is -0.308. The Morgan fingerprint density at radius 2 is 2.27 bits per heavy atom. The zero-order valence-corrected chi connectivity index (χ0v) is 9.52. The Balaban J connectivity index is 3.23. The molecular weight excluding hydrogens is 295 g/mol. The minimum absolute atomic E-state index is 0.0000926. The van der Waals surface area contributed by atoms with Crippen LogP contribution in [0.3, 0.4) is 0 Å². The van der Waals surface area contributed by atoms with Gasteiger partial charge in [0.05, 0.1) is 12.0 Å². The number of aliphatic carboxylic acids is 1. The number of pyridine rings is 1. The number of carbonyl (C=O) groups is 1. The maximum Gasteiger partial charge on any atom is 0.307 e. The van der Waals surface area contributed by atoms with Gasteiger partial charge in [0.25, 0.3) is 6.43 Å². The van der Waals surface area contributed by atoms with Crippen LogP contribution in [0.15, 0.2) is 10.7 Å². The van der Waals surface area contributed by atoms with Crippen molar-refractivity contribution in [1.82, 2.24) is 4.98 Å². The van der Waals surface area contributed by atoms with Crippen molar-refractivity contribution < 1.29 is 18.7 Å². The zero-order valence-electron chi connectivity index (χ0n) is 7.18. The molecule has 0 bridgehead atoms. The lowest BCUT2D eigenvalue weighted by Crippen LogP contribution is -2.04. The van der Waals surface area contributed by atoms with Crippen LogP contribution in [0, 0.1) is 0 Å². The van der Waals surface area contributed by atoms with Crippen LogP contribution in [-0.4, -0.2) is 16.1 Å². The Kier molecular flexibility index (Phi) is 3.98. The van der Waals surface area contributed by atoms with Gasteiger partial charge in [-0.3, -0.25) is 4.79 Å². The first-order valence-corrected chi connectivity index (χ1v) is 4.93. The smallest absolute Gasteiger partial charge is 0.307 e. The van der Waals surface area contributed by atoms with Crippen molar-refractivity contribution in [2.75, 3.05) is 0 Å². The van der Waals surface area contributed by atoms with Gasteiger partial charge >= 0.3 is 5.97 Å². The molecule has 82 valence electrons. The fourth-order valence-corrected chi connectivity index (χ4v) is 1.91. The minimum Gasteiger partial charge on any atom is -0.481 e.